The highest BCUT2D eigenvalue weighted by atomic mass is 16.5. The van der Waals surface area contributed by atoms with Crippen molar-refractivity contribution in [2.24, 2.45) is 0 Å². The molecule has 1 aromatic rings. The number of hydrogen-bond acceptors (Lipinski definition) is 6. The Morgan fingerprint density at radius 3 is 2.74 bits per heavy atom. The third kappa shape index (κ3) is 6.35. The van der Waals surface area contributed by atoms with Gasteiger partial charge in [0.05, 0.1) is 6.10 Å². The lowest BCUT2D eigenvalue weighted by Crippen LogP contribution is -2.10. The van der Waals surface area contributed by atoms with Crippen LogP contribution in [0, 0.1) is 0 Å². The van der Waals surface area contributed by atoms with E-state index in [1.54, 1.807) is 6.92 Å². The molecule has 1 heterocycles. The van der Waals surface area contributed by atoms with Crippen LogP contribution in [0.4, 0.5) is 11.6 Å². The maximum absolute atomic E-state index is 9.19. The summed E-state index contributed by atoms with van der Waals surface area (Å²) in [5.41, 5.74) is 0. The predicted molar refractivity (Wildman–Crippen MR) is 76.3 cm³/mol. The van der Waals surface area contributed by atoms with Crippen LogP contribution < -0.4 is 10.6 Å². The highest BCUT2D eigenvalue weighted by Gasteiger charge is 2.04. The molecule has 0 aliphatic rings. The van der Waals surface area contributed by atoms with Crippen LogP contribution in [-0.4, -0.2) is 41.4 Å². The zero-order valence-corrected chi connectivity index (χ0v) is 11.9. The van der Waals surface area contributed by atoms with Gasteiger partial charge in [-0.3, -0.25) is 0 Å². The largest absolute Gasteiger partial charge is 0.393 e. The summed E-state index contributed by atoms with van der Waals surface area (Å²) in [5, 5.41) is 15.4. The van der Waals surface area contributed by atoms with Gasteiger partial charge in [0.1, 0.15) is 18.2 Å². The summed E-state index contributed by atoms with van der Waals surface area (Å²) in [7, 11) is 1.82. The fourth-order valence-corrected chi connectivity index (χ4v) is 1.59. The van der Waals surface area contributed by atoms with E-state index in [1.807, 2.05) is 20.0 Å². The second kappa shape index (κ2) is 8.66. The van der Waals surface area contributed by atoms with Crippen LogP contribution in [0.3, 0.4) is 0 Å². The van der Waals surface area contributed by atoms with Gasteiger partial charge in [0, 0.05) is 26.3 Å². The standard InChI is InChI=1S/C13H24N4O2/c1-4-19-9-13-16-11(14-3)8-12(17-13)15-7-5-6-10(2)18/h8,10,18H,4-7,9H2,1-3H3,(H2,14,15,16,17). The van der Waals surface area contributed by atoms with Crippen LogP contribution in [0.2, 0.25) is 0 Å². The molecule has 0 aromatic carbocycles. The minimum absolute atomic E-state index is 0.256. The Balaban J connectivity index is 2.55. The highest BCUT2D eigenvalue weighted by Crippen LogP contribution is 2.12. The first-order chi connectivity index (χ1) is 9.15. The maximum Gasteiger partial charge on any atom is 0.158 e. The topological polar surface area (TPSA) is 79.3 Å². The Hall–Kier alpha value is -1.40. The third-order valence-corrected chi connectivity index (χ3v) is 2.57. The van der Waals surface area contributed by atoms with Crippen LogP contribution in [-0.2, 0) is 11.3 Å². The summed E-state index contributed by atoms with van der Waals surface area (Å²) in [6.45, 7) is 5.57. The number of anilines is 2. The molecule has 1 unspecified atom stereocenters. The molecular weight excluding hydrogens is 244 g/mol. The molecule has 0 radical (unpaired) electrons. The lowest BCUT2D eigenvalue weighted by atomic mass is 10.2. The molecule has 0 bridgehead atoms. The molecule has 108 valence electrons. The fraction of sp³-hybridized carbons (Fsp3) is 0.692. The van der Waals surface area contributed by atoms with Gasteiger partial charge in [-0.2, -0.15) is 0 Å². The van der Waals surface area contributed by atoms with E-state index in [-0.39, 0.29) is 6.10 Å². The summed E-state index contributed by atoms with van der Waals surface area (Å²) in [5.74, 6) is 2.20. The van der Waals surface area contributed by atoms with Crippen LogP contribution in [0.5, 0.6) is 0 Å². The quantitative estimate of drug-likeness (QED) is 0.591. The van der Waals surface area contributed by atoms with Gasteiger partial charge in [0.25, 0.3) is 0 Å². The Morgan fingerprint density at radius 1 is 1.37 bits per heavy atom. The SMILES string of the molecule is CCOCc1nc(NC)cc(NCCCC(C)O)n1. The summed E-state index contributed by atoms with van der Waals surface area (Å²) < 4.78 is 5.32. The van der Waals surface area contributed by atoms with Gasteiger partial charge in [0.2, 0.25) is 0 Å². The van der Waals surface area contributed by atoms with Crippen molar-refractivity contribution in [2.45, 2.75) is 39.4 Å². The Morgan fingerprint density at radius 2 is 2.11 bits per heavy atom. The van der Waals surface area contributed by atoms with Crippen LogP contribution in [0.15, 0.2) is 6.07 Å². The number of ether oxygens (including phenoxy) is 1. The molecule has 1 rings (SSSR count). The molecule has 0 spiro atoms. The Kier molecular flexibility index (Phi) is 7.14. The molecule has 0 fully saturated rings. The number of aliphatic hydroxyl groups is 1. The number of rotatable bonds is 9. The third-order valence-electron chi connectivity index (χ3n) is 2.57. The van der Waals surface area contributed by atoms with Gasteiger partial charge in [0.15, 0.2) is 5.82 Å². The second-order valence-electron chi connectivity index (χ2n) is 4.36. The number of aliphatic hydroxyl groups excluding tert-OH is 1. The van der Waals surface area contributed by atoms with Crippen molar-refractivity contribution in [2.75, 3.05) is 30.8 Å². The zero-order valence-electron chi connectivity index (χ0n) is 11.9. The van der Waals surface area contributed by atoms with Crippen LogP contribution in [0.25, 0.3) is 0 Å². The molecule has 0 saturated carbocycles. The Labute approximate surface area is 114 Å². The number of nitrogens with zero attached hydrogens (tertiary/aromatic N) is 2. The van der Waals surface area contributed by atoms with Crippen LogP contribution >= 0.6 is 0 Å². The molecule has 0 amide bonds. The minimum atomic E-state index is -0.256. The number of nitrogens with one attached hydrogen (secondary N) is 2. The molecule has 1 atom stereocenters. The summed E-state index contributed by atoms with van der Waals surface area (Å²) in [4.78, 5) is 8.70. The summed E-state index contributed by atoms with van der Waals surface area (Å²) in [6.07, 6.45) is 1.42. The lowest BCUT2D eigenvalue weighted by molar-refractivity contribution is 0.128. The zero-order chi connectivity index (χ0) is 14.1. The number of aromatic nitrogens is 2. The van der Waals surface area contributed by atoms with Crippen LogP contribution in [0.1, 0.15) is 32.5 Å². The molecule has 19 heavy (non-hydrogen) atoms. The molecule has 0 aliphatic heterocycles. The van der Waals surface area contributed by atoms with Gasteiger partial charge >= 0.3 is 0 Å². The fourth-order valence-electron chi connectivity index (χ4n) is 1.59. The first-order valence-electron chi connectivity index (χ1n) is 6.71. The van der Waals surface area contributed by atoms with E-state index in [4.69, 9.17) is 4.74 Å². The van der Waals surface area contributed by atoms with E-state index in [0.29, 0.717) is 19.0 Å². The van der Waals surface area contributed by atoms with E-state index >= 15 is 0 Å². The average Bonchev–Trinajstić information content (AvgIpc) is 2.41. The first-order valence-corrected chi connectivity index (χ1v) is 6.71. The molecule has 1 aromatic heterocycles. The second-order valence-corrected chi connectivity index (χ2v) is 4.36. The molecule has 0 saturated heterocycles. The van der Waals surface area contributed by atoms with E-state index in [2.05, 4.69) is 20.6 Å². The first kappa shape index (κ1) is 15.7. The van der Waals surface area contributed by atoms with Gasteiger partial charge in [-0.15, -0.1) is 0 Å². The average molecular weight is 268 g/mol. The van der Waals surface area contributed by atoms with Crippen molar-refractivity contribution >= 4 is 11.6 Å². The lowest BCUT2D eigenvalue weighted by Gasteiger charge is -2.10. The van der Waals surface area contributed by atoms with Crippen molar-refractivity contribution < 1.29 is 9.84 Å². The minimum Gasteiger partial charge on any atom is -0.393 e. The van der Waals surface area contributed by atoms with E-state index < -0.39 is 0 Å². The van der Waals surface area contributed by atoms with Gasteiger partial charge in [-0.1, -0.05) is 0 Å². The molecular formula is C13H24N4O2. The van der Waals surface area contributed by atoms with Crippen molar-refractivity contribution in [1.82, 2.24) is 9.97 Å². The van der Waals surface area contributed by atoms with Gasteiger partial charge in [-0.25, -0.2) is 9.97 Å². The smallest absolute Gasteiger partial charge is 0.158 e. The van der Waals surface area contributed by atoms with Gasteiger partial charge in [-0.05, 0) is 26.7 Å². The van der Waals surface area contributed by atoms with Crippen molar-refractivity contribution in [3.05, 3.63) is 11.9 Å². The monoisotopic (exact) mass is 268 g/mol. The van der Waals surface area contributed by atoms with Crippen molar-refractivity contribution in [3.63, 3.8) is 0 Å². The number of hydrogen-bond donors (Lipinski definition) is 3. The van der Waals surface area contributed by atoms with Crippen molar-refractivity contribution in [3.8, 4) is 0 Å². The summed E-state index contributed by atoms with van der Waals surface area (Å²) >= 11 is 0. The van der Waals surface area contributed by atoms with E-state index in [1.165, 1.54) is 0 Å². The predicted octanol–water partition coefficient (Wildman–Crippen LogP) is 1.63. The highest BCUT2D eigenvalue weighted by molar-refractivity contribution is 5.47. The van der Waals surface area contributed by atoms with E-state index in [0.717, 1.165) is 31.0 Å². The van der Waals surface area contributed by atoms with Gasteiger partial charge < -0.3 is 20.5 Å². The molecule has 3 N–H and O–H groups in total. The summed E-state index contributed by atoms with van der Waals surface area (Å²) in [6, 6.07) is 1.86. The van der Waals surface area contributed by atoms with Crippen molar-refractivity contribution in [1.29, 1.82) is 0 Å². The normalized spacial score (nSPS) is 12.2. The van der Waals surface area contributed by atoms with E-state index in [9.17, 15) is 5.11 Å². The molecule has 6 nitrogen and oxygen atoms in total. The Bertz CT molecular complexity index is 372. The maximum atomic E-state index is 9.19. The molecule has 6 heteroatoms. The molecule has 0 aliphatic carbocycles.